The number of Topliss-reactive ketones (excluding diaryl/α,β-unsaturated/α-hetero) is 1. The molecule has 1 aliphatic carbocycles. The highest BCUT2D eigenvalue weighted by Gasteiger charge is 2.23. The molecule has 1 aromatic rings. The molecule has 0 saturated heterocycles. The number of carbonyl (C=O) groups is 2. The van der Waals surface area contributed by atoms with Crippen LogP contribution in [0.25, 0.3) is 0 Å². The van der Waals surface area contributed by atoms with Crippen LogP contribution < -0.4 is 5.32 Å². The summed E-state index contributed by atoms with van der Waals surface area (Å²) in [5, 5.41) is 2.83. The maximum absolute atomic E-state index is 12.1. The second-order valence-electron chi connectivity index (χ2n) is 4.60. The Bertz CT molecular complexity index is 622. The molecule has 1 aliphatic rings. The number of hydrogen-bond acceptors (Lipinski definition) is 5. The van der Waals surface area contributed by atoms with E-state index in [2.05, 4.69) is 15.3 Å². The predicted molar refractivity (Wildman–Crippen MR) is 71.6 cm³/mol. The van der Waals surface area contributed by atoms with Crippen LogP contribution in [0.1, 0.15) is 25.2 Å². The molecule has 0 aliphatic heterocycles. The first kappa shape index (κ1) is 13.1. The minimum Gasteiger partial charge on any atom is -0.321 e. The molecule has 1 heterocycles. The van der Waals surface area contributed by atoms with Gasteiger partial charge in [-0.15, -0.1) is 0 Å². The van der Waals surface area contributed by atoms with E-state index in [1.807, 2.05) is 19.9 Å². The standard InChI is InChI=1S/C14H15N3O2/c1-7-5-8(2)16-14(15-7)17-11-6-12(18)9(3)10(4)13(11)19/h5-6H,1-4H3,(H,15,16,17). The second kappa shape index (κ2) is 4.76. The highest BCUT2D eigenvalue weighted by Crippen LogP contribution is 2.19. The minimum absolute atomic E-state index is 0.163. The van der Waals surface area contributed by atoms with Crippen molar-refractivity contribution < 1.29 is 9.59 Å². The molecular weight excluding hydrogens is 242 g/mol. The summed E-state index contributed by atoms with van der Waals surface area (Å²) in [6.07, 6.45) is 1.30. The maximum Gasteiger partial charge on any atom is 0.227 e. The van der Waals surface area contributed by atoms with Gasteiger partial charge in [0.25, 0.3) is 0 Å². The molecule has 0 aromatic carbocycles. The summed E-state index contributed by atoms with van der Waals surface area (Å²) in [6, 6.07) is 1.84. The Hall–Kier alpha value is -2.30. The van der Waals surface area contributed by atoms with E-state index in [0.717, 1.165) is 11.4 Å². The molecule has 5 heteroatoms. The van der Waals surface area contributed by atoms with Crippen molar-refractivity contribution >= 4 is 17.5 Å². The number of aryl methyl sites for hydroxylation is 2. The van der Waals surface area contributed by atoms with Gasteiger partial charge in [0.2, 0.25) is 11.7 Å². The number of anilines is 1. The molecule has 0 radical (unpaired) electrons. The van der Waals surface area contributed by atoms with Crippen molar-refractivity contribution in [3.8, 4) is 0 Å². The molecule has 0 atom stereocenters. The van der Waals surface area contributed by atoms with E-state index in [-0.39, 0.29) is 17.3 Å². The Morgan fingerprint density at radius 2 is 1.53 bits per heavy atom. The average Bonchev–Trinajstić information content (AvgIpc) is 2.32. The van der Waals surface area contributed by atoms with Crippen LogP contribution in [0.2, 0.25) is 0 Å². The van der Waals surface area contributed by atoms with Gasteiger partial charge in [-0.2, -0.15) is 0 Å². The van der Waals surface area contributed by atoms with Crippen molar-refractivity contribution in [3.05, 3.63) is 40.4 Å². The lowest BCUT2D eigenvalue weighted by atomic mass is 9.95. The molecule has 1 aromatic heterocycles. The van der Waals surface area contributed by atoms with Crippen LogP contribution in [0.4, 0.5) is 5.95 Å². The Balaban J connectivity index is 2.32. The van der Waals surface area contributed by atoms with Crippen LogP contribution in [-0.2, 0) is 9.59 Å². The lowest BCUT2D eigenvalue weighted by Gasteiger charge is -2.15. The van der Waals surface area contributed by atoms with Gasteiger partial charge in [0.05, 0.1) is 5.70 Å². The first-order valence-electron chi connectivity index (χ1n) is 5.96. The number of ketones is 2. The van der Waals surface area contributed by atoms with Crippen molar-refractivity contribution in [2.45, 2.75) is 27.7 Å². The fourth-order valence-electron chi connectivity index (χ4n) is 1.86. The van der Waals surface area contributed by atoms with Crippen LogP contribution in [0.5, 0.6) is 0 Å². The van der Waals surface area contributed by atoms with Crippen LogP contribution in [-0.4, -0.2) is 21.5 Å². The largest absolute Gasteiger partial charge is 0.321 e. The first-order chi connectivity index (χ1) is 8.88. The van der Waals surface area contributed by atoms with E-state index >= 15 is 0 Å². The number of nitrogens with one attached hydrogen (secondary N) is 1. The van der Waals surface area contributed by atoms with E-state index in [1.54, 1.807) is 13.8 Å². The van der Waals surface area contributed by atoms with Crippen LogP contribution in [0.3, 0.4) is 0 Å². The first-order valence-corrected chi connectivity index (χ1v) is 5.96. The van der Waals surface area contributed by atoms with Gasteiger partial charge >= 0.3 is 0 Å². The quantitative estimate of drug-likeness (QED) is 0.819. The average molecular weight is 257 g/mol. The molecule has 0 spiro atoms. The van der Waals surface area contributed by atoms with Crippen LogP contribution >= 0.6 is 0 Å². The van der Waals surface area contributed by atoms with Crippen LogP contribution in [0.15, 0.2) is 29.0 Å². The SMILES string of the molecule is CC1=C(C)C(=O)C(Nc2nc(C)cc(C)n2)=CC1=O. The zero-order chi connectivity index (χ0) is 14.2. The van der Waals surface area contributed by atoms with Gasteiger partial charge in [-0.25, -0.2) is 9.97 Å². The molecule has 2 rings (SSSR count). The summed E-state index contributed by atoms with van der Waals surface area (Å²) >= 11 is 0. The Morgan fingerprint density at radius 3 is 2.11 bits per heavy atom. The predicted octanol–water partition coefficient (Wildman–Crippen LogP) is 1.88. The Kier molecular flexibility index (Phi) is 3.29. The van der Waals surface area contributed by atoms with Crippen molar-refractivity contribution in [3.63, 3.8) is 0 Å². The molecule has 0 bridgehead atoms. The monoisotopic (exact) mass is 257 g/mol. The van der Waals surface area contributed by atoms with Gasteiger partial charge < -0.3 is 5.32 Å². The van der Waals surface area contributed by atoms with E-state index in [4.69, 9.17) is 0 Å². The van der Waals surface area contributed by atoms with Crippen molar-refractivity contribution in [2.24, 2.45) is 0 Å². The molecule has 0 amide bonds. The zero-order valence-electron chi connectivity index (χ0n) is 11.4. The summed E-state index contributed by atoms with van der Waals surface area (Å²) in [4.78, 5) is 32.2. The lowest BCUT2D eigenvalue weighted by molar-refractivity contribution is -0.115. The van der Waals surface area contributed by atoms with Gasteiger partial charge in [0, 0.05) is 28.6 Å². The topological polar surface area (TPSA) is 72.0 Å². The third kappa shape index (κ3) is 2.59. The fourth-order valence-corrected chi connectivity index (χ4v) is 1.86. The molecule has 19 heavy (non-hydrogen) atoms. The molecule has 98 valence electrons. The number of hydrogen-bond donors (Lipinski definition) is 1. The summed E-state index contributed by atoms with van der Waals surface area (Å²) in [7, 11) is 0. The number of nitrogens with zero attached hydrogens (tertiary/aromatic N) is 2. The minimum atomic E-state index is -0.195. The fraction of sp³-hybridized carbons (Fsp3) is 0.286. The maximum atomic E-state index is 12.1. The summed E-state index contributed by atoms with van der Waals surface area (Å²) in [5.41, 5.74) is 2.76. The van der Waals surface area contributed by atoms with E-state index in [9.17, 15) is 9.59 Å². The van der Waals surface area contributed by atoms with Gasteiger partial charge in [-0.05, 0) is 33.8 Å². The van der Waals surface area contributed by atoms with Gasteiger partial charge in [0.15, 0.2) is 5.78 Å². The van der Waals surface area contributed by atoms with Gasteiger partial charge in [-0.3, -0.25) is 9.59 Å². The number of carbonyl (C=O) groups excluding carboxylic acids is 2. The number of rotatable bonds is 2. The van der Waals surface area contributed by atoms with Crippen molar-refractivity contribution in [2.75, 3.05) is 5.32 Å². The second-order valence-corrected chi connectivity index (χ2v) is 4.60. The number of allylic oxidation sites excluding steroid dienone is 3. The highest BCUT2D eigenvalue weighted by molar-refractivity contribution is 6.23. The van der Waals surface area contributed by atoms with E-state index < -0.39 is 0 Å². The normalized spacial score (nSPS) is 15.7. The Labute approximate surface area is 111 Å². The van der Waals surface area contributed by atoms with Crippen molar-refractivity contribution in [1.29, 1.82) is 0 Å². The zero-order valence-corrected chi connectivity index (χ0v) is 11.4. The smallest absolute Gasteiger partial charge is 0.227 e. The summed E-state index contributed by atoms with van der Waals surface area (Å²) in [5.74, 6) is -0.0268. The number of aromatic nitrogens is 2. The molecule has 0 saturated carbocycles. The molecule has 1 N–H and O–H groups in total. The Morgan fingerprint density at radius 1 is 0.947 bits per heavy atom. The summed E-state index contributed by atoms with van der Waals surface area (Å²) in [6.45, 7) is 6.98. The molecule has 0 unspecified atom stereocenters. The lowest BCUT2D eigenvalue weighted by Crippen LogP contribution is -2.22. The van der Waals surface area contributed by atoms with Crippen LogP contribution in [0, 0.1) is 13.8 Å². The van der Waals surface area contributed by atoms with Gasteiger partial charge in [-0.1, -0.05) is 0 Å². The molecular formula is C14H15N3O2. The summed E-state index contributed by atoms with van der Waals surface area (Å²) < 4.78 is 0. The van der Waals surface area contributed by atoms with E-state index in [0.29, 0.717) is 17.1 Å². The molecule has 0 fully saturated rings. The third-order valence-electron chi connectivity index (χ3n) is 3.02. The highest BCUT2D eigenvalue weighted by atomic mass is 16.1. The molecule has 5 nitrogen and oxygen atoms in total. The van der Waals surface area contributed by atoms with Crippen molar-refractivity contribution in [1.82, 2.24) is 9.97 Å². The third-order valence-corrected chi connectivity index (χ3v) is 3.02. The van der Waals surface area contributed by atoms with E-state index in [1.165, 1.54) is 6.08 Å². The van der Waals surface area contributed by atoms with Gasteiger partial charge in [0.1, 0.15) is 0 Å².